The molecular formula is C28H32N2O3. The quantitative estimate of drug-likeness (QED) is 0.533. The van der Waals surface area contributed by atoms with E-state index in [9.17, 15) is 9.59 Å². The lowest BCUT2D eigenvalue weighted by Crippen LogP contribution is -2.51. The van der Waals surface area contributed by atoms with Crippen LogP contribution in [0.25, 0.3) is 0 Å². The summed E-state index contributed by atoms with van der Waals surface area (Å²) >= 11 is 0. The molecule has 0 aliphatic rings. The first kappa shape index (κ1) is 24.1. The third kappa shape index (κ3) is 6.45. The second-order valence-corrected chi connectivity index (χ2v) is 8.31. The number of nitrogens with zero attached hydrogens (tertiary/aromatic N) is 1. The van der Waals surface area contributed by atoms with Gasteiger partial charge in [0.15, 0.2) is 6.61 Å². The highest BCUT2D eigenvalue weighted by Crippen LogP contribution is 2.21. The molecule has 0 bridgehead atoms. The van der Waals surface area contributed by atoms with Gasteiger partial charge in [0.2, 0.25) is 5.91 Å². The van der Waals surface area contributed by atoms with Crippen molar-refractivity contribution in [2.24, 2.45) is 0 Å². The Kier molecular flexibility index (Phi) is 8.25. The minimum atomic E-state index is -0.659. The fraction of sp³-hybridized carbons (Fsp3) is 0.286. The van der Waals surface area contributed by atoms with E-state index >= 15 is 0 Å². The number of carbonyl (C=O) groups is 2. The summed E-state index contributed by atoms with van der Waals surface area (Å²) in [6.45, 7) is 6.18. The summed E-state index contributed by atoms with van der Waals surface area (Å²) in [4.78, 5) is 28.0. The molecule has 3 rings (SSSR count). The molecule has 33 heavy (non-hydrogen) atoms. The van der Waals surface area contributed by atoms with Gasteiger partial charge in [-0.3, -0.25) is 9.59 Å². The summed E-state index contributed by atoms with van der Waals surface area (Å²) in [5.41, 5.74) is 5.19. The summed E-state index contributed by atoms with van der Waals surface area (Å²) in [7, 11) is 1.60. The zero-order chi connectivity index (χ0) is 23.8. The van der Waals surface area contributed by atoms with Crippen molar-refractivity contribution < 1.29 is 14.3 Å². The lowest BCUT2D eigenvalue weighted by atomic mass is 10.0. The Morgan fingerprint density at radius 3 is 2.24 bits per heavy atom. The van der Waals surface area contributed by atoms with E-state index in [4.69, 9.17) is 4.74 Å². The zero-order valence-corrected chi connectivity index (χ0v) is 19.8. The number of aryl methyl sites for hydroxylation is 2. The SMILES string of the molecule is CNC(=O)C(Cc1ccccc1)N(Cc1ccc(C)cc1)C(=O)COc1cccc(C)c1C. The van der Waals surface area contributed by atoms with Gasteiger partial charge in [-0.1, -0.05) is 72.3 Å². The molecule has 1 N–H and O–H groups in total. The highest BCUT2D eigenvalue weighted by atomic mass is 16.5. The maximum atomic E-state index is 13.5. The average molecular weight is 445 g/mol. The van der Waals surface area contributed by atoms with Crippen LogP contribution in [-0.4, -0.2) is 36.4 Å². The van der Waals surface area contributed by atoms with Gasteiger partial charge < -0.3 is 15.0 Å². The van der Waals surface area contributed by atoms with E-state index in [1.807, 2.05) is 93.6 Å². The van der Waals surface area contributed by atoms with Gasteiger partial charge in [0, 0.05) is 20.0 Å². The number of rotatable bonds is 9. The molecule has 3 aromatic carbocycles. The topological polar surface area (TPSA) is 58.6 Å². The Morgan fingerprint density at radius 2 is 1.58 bits per heavy atom. The molecule has 1 atom stereocenters. The van der Waals surface area contributed by atoms with E-state index in [2.05, 4.69) is 5.32 Å². The Labute approximate surface area is 196 Å². The van der Waals surface area contributed by atoms with Gasteiger partial charge in [0.1, 0.15) is 11.8 Å². The first-order valence-corrected chi connectivity index (χ1v) is 11.2. The summed E-state index contributed by atoms with van der Waals surface area (Å²) in [6, 6.07) is 22.9. The number of nitrogens with one attached hydrogen (secondary N) is 1. The summed E-state index contributed by atoms with van der Waals surface area (Å²) < 4.78 is 5.91. The van der Waals surface area contributed by atoms with Gasteiger partial charge in [0.25, 0.3) is 5.91 Å². The smallest absolute Gasteiger partial charge is 0.261 e. The lowest BCUT2D eigenvalue weighted by Gasteiger charge is -2.31. The van der Waals surface area contributed by atoms with Crippen LogP contribution in [0.4, 0.5) is 0 Å². The van der Waals surface area contributed by atoms with Crippen molar-refractivity contribution in [3.8, 4) is 5.75 Å². The molecule has 172 valence electrons. The van der Waals surface area contributed by atoms with Crippen molar-refractivity contribution in [2.75, 3.05) is 13.7 Å². The molecule has 0 saturated heterocycles. The maximum absolute atomic E-state index is 13.5. The van der Waals surface area contributed by atoms with Crippen molar-refractivity contribution >= 4 is 11.8 Å². The minimum Gasteiger partial charge on any atom is -0.483 e. The summed E-state index contributed by atoms with van der Waals surface area (Å²) in [6.07, 6.45) is 0.418. The van der Waals surface area contributed by atoms with Crippen LogP contribution in [0.2, 0.25) is 0 Å². The zero-order valence-electron chi connectivity index (χ0n) is 19.8. The molecular weight excluding hydrogens is 412 g/mol. The molecule has 2 amide bonds. The van der Waals surface area contributed by atoms with Crippen LogP contribution in [0, 0.1) is 20.8 Å². The van der Waals surface area contributed by atoms with E-state index in [0.717, 1.165) is 27.8 Å². The maximum Gasteiger partial charge on any atom is 0.261 e. The first-order chi connectivity index (χ1) is 15.9. The van der Waals surface area contributed by atoms with Crippen molar-refractivity contribution in [1.29, 1.82) is 0 Å². The largest absolute Gasteiger partial charge is 0.483 e. The molecule has 0 aliphatic heterocycles. The second-order valence-electron chi connectivity index (χ2n) is 8.31. The molecule has 0 spiro atoms. The van der Waals surface area contributed by atoms with Crippen LogP contribution in [0.15, 0.2) is 72.8 Å². The van der Waals surface area contributed by atoms with Crippen molar-refractivity contribution in [3.63, 3.8) is 0 Å². The third-order valence-corrected chi connectivity index (χ3v) is 5.90. The van der Waals surface area contributed by atoms with Crippen LogP contribution in [-0.2, 0) is 22.6 Å². The van der Waals surface area contributed by atoms with Gasteiger partial charge in [-0.25, -0.2) is 0 Å². The van der Waals surface area contributed by atoms with Crippen molar-refractivity contribution in [2.45, 2.75) is 39.8 Å². The number of amides is 2. The van der Waals surface area contributed by atoms with Gasteiger partial charge >= 0.3 is 0 Å². The van der Waals surface area contributed by atoms with Crippen molar-refractivity contribution in [3.05, 3.63) is 101 Å². The van der Waals surface area contributed by atoms with Crippen molar-refractivity contribution in [1.82, 2.24) is 10.2 Å². The number of carbonyl (C=O) groups excluding carboxylic acids is 2. The number of benzene rings is 3. The third-order valence-electron chi connectivity index (χ3n) is 5.90. The molecule has 5 heteroatoms. The summed E-state index contributed by atoms with van der Waals surface area (Å²) in [5, 5.41) is 2.73. The Balaban J connectivity index is 1.88. The lowest BCUT2D eigenvalue weighted by molar-refractivity contribution is -0.142. The molecule has 0 aromatic heterocycles. The highest BCUT2D eigenvalue weighted by molar-refractivity contribution is 5.88. The van der Waals surface area contributed by atoms with E-state index in [0.29, 0.717) is 18.7 Å². The fourth-order valence-corrected chi connectivity index (χ4v) is 3.71. The molecule has 1 unspecified atom stereocenters. The monoisotopic (exact) mass is 444 g/mol. The molecule has 0 heterocycles. The molecule has 0 radical (unpaired) electrons. The van der Waals surface area contributed by atoms with Gasteiger partial charge in [-0.15, -0.1) is 0 Å². The molecule has 3 aromatic rings. The Morgan fingerprint density at radius 1 is 0.879 bits per heavy atom. The first-order valence-electron chi connectivity index (χ1n) is 11.2. The van der Waals surface area contributed by atoms with Crippen LogP contribution < -0.4 is 10.1 Å². The van der Waals surface area contributed by atoms with E-state index in [-0.39, 0.29) is 18.4 Å². The molecule has 0 aliphatic carbocycles. The van der Waals surface area contributed by atoms with E-state index in [1.54, 1.807) is 11.9 Å². The average Bonchev–Trinajstić information content (AvgIpc) is 2.83. The van der Waals surface area contributed by atoms with Gasteiger partial charge in [-0.2, -0.15) is 0 Å². The molecule has 0 fully saturated rings. The van der Waals surface area contributed by atoms with Gasteiger partial charge in [-0.05, 0) is 49.1 Å². The number of hydrogen-bond acceptors (Lipinski definition) is 3. The van der Waals surface area contributed by atoms with E-state index < -0.39 is 6.04 Å². The van der Waals surface area contributed by atoms with Crippen LogP contribution >= 0.6 is 0 Å². The van der Waals surface area contributed by atoms with E-state index in [1.165, 1.54) is 0 Å². The Bertz CT molecular complexity index is 1080. The minimum absolute atomic E-state index is 0.140. The molecule has 0 saturated carbocycles. The van der Waals surface area contributed by atoms with Crippen LogP contribution in [0.5, 0.6) is 5.75 Å². The van der Waals surface area contributed by atoms with Crippen LogP contribution in [0.1, 0.15) is 27.8 Å². The predicted octanol–water partition coefficient (Wildman–Crippen LogP) is 4.38. The fourth-order valence-electron chi connectivity index (χ4n) is 3.71. The predicted molar refractivity (Wildman–Crippen MR) is 131 cm³/mol. The second kappa shape index (κ2) is 11.3. The van der Waals surface area contributed by atoms with Crippen LogP contribution in [0.3, 0.4) is 0 Å². The Hall–Kier alpha value is -3.60. The number of ether oxygens (including phenoxy) is 1. The normalized spacial score (nSPS) is 11.5. The summed E-state index contributed by atoms with van der Waals surface area (Å²) in [5.74, 6) is 0.241. The van der Waals surface area contributed by atoms with Gasteiger partial charge in [0.05, 0.1) is 0 Å². The standard InChI is InChI=1S/C28H32N2O3/c1-20-13-15-24(16-14-20)18-30(25(28(32)29-4)17-23-10-6-5-7-11-23)27(31)19-33-26-12-8-9-21(2)22(26)3/h5-16,25H,17-19H2,1-4H3,(H,29,32). The highest BCUT2D eigenvalue weighted by Gasteiger charge is 2.30. The number of hydrogen-bond donors (Lipinski definition) is 1. The molecule has 5 nitrogen and oxygen atoms in total. The number of likely N-dealkylation sites (N-methyl/N-ethyl adjacent to an activating group) is 1.